The molecule has 0 spiro atoms. The van der Waals surface area contributed by atoms with Gasteiger partial charge in [0.25, 0.3) is 0 Å². The first-order valence-corrected chi connectivity index (χ1v) is 9.20. The van der Waals surface area contributed by atoms with E-state index in [1.165, 1.54) is 0 Å². The van der Waals surface area contributed by atoms with Gasteiger partial charge in [-0.15, -0.1) is 6.58 Å². The van der Waals surface area contributed by atoms with E-state index < -0.39 is 6.10 Å². The largest absolute Gasteiger partial charge is 0.389 e. The highest BCUT2D eigenvalue weighted by Crippen LogP contribution is 2.61. The fourth-order valence-corrected chi connectivity index (χ4v) is 5.93. The highest BCUT2D eigenvalue weighted by molar-refractivity contribution is 5.88. The first kappa shape index (κ1) is 16.9. The minimum atomic E-state index is -0.526. The minimum absolute atomic E-state index is 0.136. The molecular weight excluding hydrogens is 288 g/mol. The van der Waals surface area contributed by atoms with Gasteiger partial charge in [-0.3, -0.25) is 9.59 Å². The quantitative estimate of drug-likeness (QED) is 0.804. The predicted molar refractivity (Wildman–Crippen MR) is 89.8 cm³/mol. The van der Waals surface area contributed by atoms with Gasteiger partial charge in [-0.25, -0.2) is 0 Å². The molecule has 0 saturated heterocycles. The molecule has 0 amide bonds. The van der Waals surface area contributed by atoms with Gasteiger partial charge in [-0.05, 0) is 56.3 Å². The molecule has 6 unspecified atom stereocenters. The summed E-state index contributed by atoms with van der Waals surface area (Å²) in [6.07, 6.45) is 7.62. The zero-order chi connectivity index (χ0) is 16.8. The van der Waals surface area contributed by atoms with E-state index in [0.717, 1.165) is 38.5 Å². The molecule has 0 aromatic rings. The van der Waals surface area contributed by atoms with Gasteiger partial charge in [0, 0.05) is 23.7 Å². The molecule has 3 fully saturated rings. The second-order valence-electron chi connectivity index (χ2n) is 8.52. The van der Waals surface area contributed by atoms with Crippen LogP contribution in [0.4, 0.5) is 0 Å². The van der Waals surface area contributed by atoms with Crippen molar-refractivity contribution in [1.82, 2.24) is 0 Å². The molecule has 23 heavy (non-hydrogen) atoms. The molecule has 128 valence electrons. The van der Waals surface area contributed by atoms with E-state index in [0.29, 0.717) is 42.2 Å². The number of fused-ring (bicyclic) bond motifs is 3. The van der Waals surface area contributed by atoms with Gasteiger partial charge in [-0.1, -0.05) is 19.9 Å². The number of hydrogen-bond donors (Lipinski definition) is 1. The normalized spacial score (nSPS) is 44.6. The van der Waals surface area contributed by atoms with Crippen molar-refractivity contribution in [2.24, 2.45) is 28.6 Å². The number of aliphatic hydroxyl groups excluding tert-OH is 1. The number of hydrogen-bond acceptors (Lipinski definition) is 3. The van der Waals surface area contributed by atoms with Gasteiger partial charge in [0.2, 0.25) is 0 Å². The lowest BCUT2D eigenvalue weighted by atomic mass is 9.49. The van der Waals surface area contributed by atoms with Crippen LogP contribution in [0.15, 0.2) is 12.7 Å². The molecule has 3 nitrogen and oxygen atoms in total. The Bertz CT molecular complexity index is 525. The summed E-state index contributed by atoms with van der Waals surface area (Å²) in [6.45, 7) is 7.91. The smallest absolute Gasteiger partial charge is 0.139 e. The summed E-state index contributed by atoms with van der Waals surface area (Å²) in [5.41, 5.74) is -0.469. The van der Waals surface area contributed by atoms with Crippen LogP contribution in [0.1, 0.15) is 65.2 Å². The molecule has 0 radical (unpaired) electrons. The molecule has 3 aliphatic rings. The molecule has 3 rings (SSSR count). The van der Waals surface area contributed by atoms with Crippen LogP contribution in [0.25, 0.3) is 0 Å². The van der Waals surface area contributed by atoms with Crippen LogP contribution in [0.2, 0.25) is 0 Å². The first-order chi connectivity index (χ1) is 10.8. The maximum atomic E-state index is 12.7. The Labute approximate surface area is 139 Å². The van der Waals surface area contributed by atoms with E-state index in [-0.39, 0.29) is 10.8 Å². The zero-order valence-electron chi connectivity index (χ0n) is 14.5. The van der Waals surface area contributed by atoms with Crippen LogP contribution in [0.3, 0.4) is 0 Å². The zero-order valence-corrected chi connectivity index (χ0v) is 14.5. The molecule has 3 aliphatic carbocycles. The second kappa shape index (κ2) is 5.84. The van der Waals surface area contributed by atoms with Crippen LogP contribution in [-0.2, 0) is 9.59 Å². The van der Waals surface area contributed by atoms with E-state index in [2.05, 4.69) is 20.4 Å². The number of aliphatic hydroxyl groups is 1. The van der Waals surface area contributed by atoms with E-state index in [1.54, 1.807) is 6.08 Å². The van der Waals surface area contributed by atoms with Crippen molar-refractivity contribution in [3.8, 4) is 0 Å². The van der Waals surface area contributed by atoms with Gasteiger partial charge in [-0.2, -0.15) is 0 Å². The highest BCUT2D eigenvalue weighted by Gasteiger charge is 2.59. The van der Waals surface area contributed by atoms with E-state index in [1.807, 2.05) is 0 Å². The SMILES string of the molecule is C=CC(O)CCC1(C)C(=O)CCC2C1CCC1(C)C(=O)CCC21. The Hall–Kier alpha value is -0.960. The molecular formula is C20H30O3. The summed E-state index contributed by atoms with van der Waals surface area (Å²) in [6, 6.07) is 0. The lowest BCUT2D eigenvalue weighted by Gasteiger charge is -2.54. The first-order valence-electron chi connectivity index (χ1n) is 9.20. The lowest BCUT2D eigenvalue weighted by Crippen LogP contribution is -2.52. The summed E-state index contributed by atoms with van der Waals surface area (Å²) in [5, 5.41) is 9.84. The highest BCUT2D eigenvalue weighted by atomic mass is 16.3. The summed E-state index contributed by atoms with van der Waals surface area (Å²) in [5.74, 6) is 2.16. The van der Waals surface area contributed by atoms with Crippen LogP contribution in [-0.4, -0.2) is 22.8 Å². The molecule has 0 heterocycles. The monoisotopic (exact) mass is 318 g/mol. The van der Waals surface area contributed by atoms with Crippen molar-refractivity contribution in [2.75, 3.05) is 0 Å². The van der Waals surface area contributed by atoms with Gasteiger partial charge in [0.15, 0.2) is 0 Å². The molecule has 3 saturated carbocycles. The number of Topliss-reactive ketones (excluding diaryl/α,β-unsaturated/α-hetero) is 2. The Morgan fingerprint density at radius 3 is 2.57 bits per heavy atom. The Kier molecular flexibility index (Phi) is 4.29. The van der Waals surface area contributed by atoms with Crippen molar-refractivity contribution in [3.05, 3.63) is 12.7 Å². The number of carbonyl (C=O) groups excluding carboxylic acids is 2. The van der Waals surface area contributed by atoms with E-state index in [9.17, 15) is 14.7 Å². The van der Waals surface area contributed by atoms with Crippen LogP contribution in [0, 0.1) is 28.6 Å². The summed E-state index contributed by atoms with van der Waals surface area (Å²) < 4.78 is 0. The van der Waals surface area contributed by atoms with Crippen molar-refractivity contribution in [1.29, 1.82) is 0 Å². The number of rotatable bonds is 4. The molecule has 0 bridgehead atoms. The predicted octanol–water partition coefficient (Wildman–Crippen LogP) is 3.69. The molecule has 6 atom stereocenters. The number of carbonyl (C=O) groups is 2. The van der Waals surface area contributed by atoms with Gasteiger partial charge in [0.05, 0.1) is 6.10 Å². The standard InChI is InChI=1S/C20H30O3/c1-4-13(21)9-11-19(2)16-10-12-20(3)15(6-8-18(20)23)14(16)5-7-17(19)22/h4,13-16,21H,1,5-12H2,2-3H3. The third kappa shape index (κ3) is 2.52. The molecule has 1 N–H and O–H groups in total. The fourth-order valence-electron chi connectivity index (χ4n) is 5.93. The van der Waals surface area contributed by atoms with Crippen molar-refractivity contribution in [3.63, 3.8) is 0 Å². The maximum Gasteiger partial charge on any atom is 0.139 e. The summed E-state index contributed by atoms with van der Waals surface area (Å²) in [4.78, 5) is 25.1. The molecule has 0 aliphatic heterocycles. The maximum absolute atomic E-state index is 12.7. The Morgan fingerprint density at radius 1 is 1.17 bits per heavy atom. The Morgan fingerprint density at radius 2 is 1.87 bits per heavy atom. The molecule has 0 aromatic heterocycles. The van der Waals surface area contributed by atoms with E-state index >= 15 is 0 Å². The lowest BCUT2D eigenvalue weighted by molar-refractivity contribution is -0.147. The third-order valence-electron chi connectivity index (χ3n) is 7.54. The van der Waals surface area contributed by atoms with Crippen molar-refractivity contribution >= 4 is 11.6 Å². The van der Waals surface area contributed by atoms with Crippen molar-refractivity contribution in [2.45, 2.75) is 71.3 Å². The summed E-state index contributed by atoms with van der Waals surface area (Å²) >= 11 is 0. The topological polar surface area (TPSA) is 54.4 Å². The molecule has 0 aromatic carbocycles. The second-order valence-corrected chi connectivity index (χ2v) is 8.52. The summed E-state index contributed by atoms with van der Waals surface area (Å²) in [7, 11) is 0. The number of ketones is 2. The van der Waals surface area contributed by atoms with Crippen LogP contribution < -0.4 is 0 Å². The minimum Gasteiger partial charge on any atom is -0.389 e. The molecule has 3 heteroatoms. The van der Waals surface area contributed by atoms with Gasteiger partial charge in [0.1, 0.15) is 11.6 Å². The third-order valence-corrected chi connectivity index (χ3v) is 7.54. The van der Waals surface area contributed by atoms with Gasteiger partial charge >= 0.3 is 0 Å². The van der Waals surface area contributed by atoms with E-state index in [4.69, 9.17) is 0 Å². The van der Waals surface area contributed by atoms with Gasteiger partial charge < -0.3 is 5.11 Å². The average Bonchev–Trinajstić information content (AvgIpc) is 2.84. The Balaban J connectivity index is 1.84. The van der Waals surface area contributed by atoms with Crippen molar-refractivity contribution < 1.29 is 14.7 Å². The average molecular weight is 318 g/mol. The van der Waals surface area contributed by atoms with Crippen LogP contribution >= 0.6 is 0 Å². The fraction of sp³-hybridized carbons (Fsp3) is 0.800. The van der Waals surface area contributed by atoms with Crippen LogP contribution in [0.5, 0.6) is 0 Å².